The van der Waals surface area contributed by atoms with Crippen LogP contribution in [-0.2, 0) is 38.1 Å². The molecule has 0 bridgehead atoms. The summed E-state index contributed by atoms with van der Waals surface area (Å²) in [6, 6.07) is 15.4. The van der Waals surface area contributed by atoms with Gasteiger partial charge in [-0.2, -0.15) is 0 Å². The lowest BCUT2D eigenvalue weighted by molar-refractivity contribution is -0.119. The van der Waals surface area contributed by atoms with Crippen molar-refractivity contribution in [2.75, 3.05) is 43.4 Å². The van der Waals surface area contributed by atoms with Crippen LogP contribution in [-0.4, -0.2) is 58.3 Å². The van der Waals surface area contributed by atoms with Gasteiger partial charge in [-0.25, -0.2) is 8.42 Å². The summed E-state index contributed by atoms with van der Waals surface area (Å²) < 4.78 is 31.3. The lowest BCUT2D eigenvalue weighted by Gasteiger charge is -2.26. The molecular formula is C25H35N3O4S. The maximum Gasteiger partial charge on any atom is 0.241 e. The maximum absolute atomic E-state index is 12.6. The van der Waals surface area contributed by atoms with Crippen LogP contribution in [0.25, 0.3) is 0 Å². The summed E-state index contributed by atoms with van der Waals surface area (Å²) in [4.78, 5) is 15.0. The Morgan fingerprint density at radius 1 is 1.06 bits per heavy atom. The average Bonchev–Trinajstić information content (AvgIpc) is 2.76. The summed E-state index contributed by atoms with van der Waals surface area (Å²) in [6.07, 6.45) is 1.12. The van der Waals surface area contributed by atoms with E-state index in [0.29, 0.717) is 12.2 Å². The first-order chi connectivity index (χ1) is 15.5. The van der Waals surface area contributed by atoms with Crippen LogP contribution in [0.3, 0.4) is 0 Å². The molecule has 8 heteroatoms. The topological polar surface area (TPSA) is 79.0 Å². The van der Waals surface area contributed by atoms with Crippen LogP contribution in [0.15, 0.2) is 48.5 Å². The first-order valence-corrected chi connectivity index (χ1v) is 13.1. The van der Waals surface area contributed by atoms with Gasteiger partial charge in [0.15, 0.2) is 0 Å². The lowest BCUT2D eigenvalue weighted by Crippen LogP contribution is -2.40. The van der Waals surface area contributed by atoms with E-state index in [1.807, 2.05) is 24.3 Å². The molecule has 1 amide bonds. The molecular weight excluding hydrogens is 438 g/mol. The Hall–Kier alpha value is -2.42. The van der Waals surface area contributed by atoms with Crippen molar-refractivity contribution in [2.24, 2.45) is 0 Å². The van der Waals surface area contributed by atoms with Crippen LogP contribution in [0.5, 0.6) is 0 Å². The van der Waals surface area contributed by atoms with Crippen molar-refractivity contribution in [1.29, 1.82) is 0 Å². The summed E-state index contributed by atoms with van der Waals surface area (Å²) in [7, 11) is -3.61. The van der Waals surface area contributed by atoms with Gasteiger partial charge in [0.1, 0.15) is 6.54 Å². The number of benzene rings is 2. The molecule has 0 saturated carbocycles. The number of morpholine rings is 1. The number of hydrogen-bond donors (Lipinski definition) is 1. The number of rotatable bonds is 8. The monoisotopic (exact) mass is 473 g/mol. The molecule has 0 radical (unpaired) electrons. The first kappa shape index (κ1) is 25.2. The second-order valence-corrected chi connectivity index (χ2v) is 11.5. The molecule has 1 aliphatic rings. The van der Waals surface area contributed by atoms with Gasteiger partial charge in [-0.15, -0.1) is 0 Å². The van der Waals surface area contributed by atoms with E-state index in [9.17, 15) is 13.2 Å². The van der Waals surface area contributed by atoms with Gasteiger partial charge in [0.25, 0.3) is 0 Å². The van der Waals surface area contributed by atoms with Gasteiger partial charge in [-0.3, -0.25) is 14.0 Å². The van der Waals surface area contributed by atoms with Crippen molar-refractivity contribution in [3.63, 3.8) is 0 Å². The molecule has 2 aromatic carbocycles. The van der Waals surface area contributed by atoms with Gasteiger partial charge in [0.2, 0.25) is 15.9 Å². The normalized spacial score (nSPS) is 15.3. The molecule has 1 N–H and O–H groups in total. The second-order valence-electron chi connectivity index (χ2n) is 9.55. The molecule has 1 heterocycles. The first-order valence-electron chi connectivity index (χ1n) is 11.3. The fourth-order valence-electron chi connectivity index (χ4n) is 3.77. The van der Waals surface area contributed by atoms with E-state index in [0.717, 1.165) is 54.5 Å². The Balaban J connectivity index is 1.61. The SMILES string of the molecule is CC(C)(C)c1ccc(N(CC(=O)NCc2cccc(CN3CCOCC3)c2)S(C)(=O)=O)cc1. The average molecular weight is 474 g/mol. The molecule has 33 heavy (non-hydrogen) atoms. The van der Waals surface area contributed by atoms with E-state index in [2.05, 4.69) is 43.1 Å². The van der Waals surface area contributed by atoms with Crippen LogP contribution >= 0.6 is 0 Å². The molecule has 1 aliphatic heterocycles. The van der Waals surface area contributed by atoms with E-state index < -0.39 is 10.0 Å². The van der Waals surface area contributed by atoms with Gasteiger partial charge in [-0.1, -0.05) is 57.2 Å². The standard InChI is InChI=1S/C25H35N3O4S/c1-25(2,3)22-8-10-23(11-9-22)28(33(4,30)31)19-24(29)26-17-20-6-5-7-21(16-20)18-27-12-14-32-15-13-27/h5-11,16H,12-15,17-19H2,1-4H3,(H,26,29). The van der Waals surface area contributed by atoms with Crippen molar-refractivity contribution in [3.8, 4) is 0 Å². The van der Waals surface area contributed by atoms with E-state index in [1.165, 1.54) is 5.56 Å². The number of ether oxygens (including phenoxy) is 1. The molecule has 1 fully saturated rings. The number of carbonyl (C=O) groups is 1. The highest BCUT2D eigenvalue weighted by Crippen LogP contribution is 2.25. The molecule has 2 aromatic rings. The minimum absolute atomic E-state index is 0.0395. The van der Waals surface area contributed by atoms with Crippen molar-refractivity contribution in [2.45, 2.75) is 39.3 Å². The number of amides is 1. The molecule has 0 aliphatic carbocycles. The number of nitrogens with zero attached hydrogens (tertiary/aromatic N) is 2. The highest BCUT2D eigenvalue weighted by atomic mass is 32.2. The molecule has 3 rings (SSSR count). The summed E-state index contributed by atoms with van der Waals surface area (Å²) in [5.74, 6) is -0.348. The largest absolute Gasteiger partial charge is 0.379 e. The van der Waals surface area contributed by atoms with Crippen molar-refractivity contribution < 1.29 is 17.9 Å². The Kier molecular flexibility index (Phi) is 8.15. The van der Waals surface area contributed by atoms with Crippen LogP contribution in [0.4, 0.5) is 5.69 Å². The third kappa shape index (κ3) is 7.55. The number of carbonyl (C=O) groups excluding carboxylic acids is 1. The zero-order chi connectivity index (χ0) is 24.1. The minimum Gasteiger partial charge on any atom is -0.379 e. The van der Waals surface area contributed by atoms with Crippen molar-refractivity contribution in [1.82, 2.24) is 10.2 Å². The Bertz CT molecular complexity index is 1040. The van der Waals surface area contributed by atoms with Gasteiger partial charge in [0, 0.05) is 26.2 Å². The van der Waals surface area contributed by atoms with Crippen molar-refractivity contribution >= 4 is 21.6 Å². The van der Waals surface area contributed by atoms with E-state index in [-0.39, 0.29) is 17.9 Å². The predicted octanol–water partition coefficient (Wildman–Crippen LogP) is 2.90. The van der Waals surface area contributed by atoms with Crippen LogP contribution in [0.1, 0.15) is 37.5 Å². The Morgan fingerprint density at radius 2 is 1.70 bits per heavy atom. The molecule has 0 unspecified atom stereocenters. The molecule has 7 nitrogen and oxygen atoms in total. The molecule has 0 spiro atoms. The number of sulfonamides is 1. The van der Waals surface area contributed by atoms with Crippen LogP contribution in [0, 0.1) is 0 Å². The molecule has 0 atom stereocenters. The second kappa shape index (κ2) is 10.7. The maximum atomic E-state index is 12.6. The zero-order valence-corrected chi connectivity index (χ0v) is 20.8. The Labute approximate surface area is 197 Å². The fourth-order valence-corrected chi connectivity index (χ4v) is 4.63. The Morgan fingerprint density at radius 3 is 2.30 bits per heavy atom. The molecule has 1 saturated heterocycles. The summed E-state index contributed by atoms with van der Waals surface area (Å²) in [5, 5.41) is 2.86. The van der Waals surface area contributed by atoms with Gasteiger partial charge >= 0.3 is 0 Å². The summed E-state index contributed by atoms with van der Waals surface area (Å²) >= 11 is 0. The number of anilines is 1. The van der Waals surface area contributed by atoms with E-state index in [1.54, 1.807) is 12.1 Å². The molecule has 0 aromatic heterocycles. The predicted molar refractivity (Wildman–Crippen MR) is 132 cm³/mol. The van der Waals surface area contributed by atoms with Gasteiger partial charge in [-0.05, 0) is 34.2 Å². The smallest absolute Gasteiger partial charge is 0.241 e. The fraction of sp³-hybridized carbons (Fsp3) is 0.480. The highest BCUT2D eigenvalue weighted by Gasteiger charge is 2.22. The van der Waals surface area contributed by atoms with Gasteiger partial charge in [0.05, 0.1) is 25.2 Å². The summed E-state index contributed by atoms with van der Waals surface area (Å²) in [5.41, 5.74) is 3.70. The quantitative estimate of drug-likeness (QED) is 0.638. The highest BCUT2D eigenvalue weighted by molar-refractivity contribution is 7.92. The van der Waals surface area contributed by atoms with Gasteiger partial charge < -0.3 is 10.1 Å². The number of hydrogen-bond acceptors (Lipinski definition) is 5. The van der Waals surface area contributed by atoms with E-state index >= 15 is 0 Å². The minimum atomic E-state index is -3.61. The lowest BCUT2D eigenvalue weighted by atomic mass is 9.87. The zero-order valence-electron chi connectivity index (χ0n) is 20.0. The number of nitrogens with one attached hydrogen (secondary N) is 1. The van der Waals surface area contributed by atoms with Crippen LogP contribution < -0.4 is 9.62 Å². The van der Waals surface area contributed by atoms with E-state index in [4.69, 9.17) is 4.74 Å². The van der Waals surface area contributed by atoms with Crippen LogP contribution in [0.2, 0.25) is 0 Å². The summed E-state index contributed by atoms with van der Waals surface area (Å²) in [6.45, 7) is 10.6. The van der Waals surface area contributed by atoms with Crippen molar-refractivity contribution in [3.05, 3.63) is 65.2 Å². The third-order valence-corrected chi connectivity index (χ3v) is 6.84. The molecule has 180 valence electrons. The third-order valence-electron chi connectivity index (χ3n) is 5.70.